The van der Waals surface area contributed by atoms with Crippen LogP contribution in [0.15, 0.2) is 23.1 Å². The van der Waals surface area contributed by atoms with Crippen molar-refractivity contribution in [1.29, 1.82) is 0 Å². The Kier molecular flexibility index (Phi) is 4.25. The molecule has 6 heteroatoms. The monoisotopic (exact) mass is 256 g/mol. The van der Waals surface area contributed by atoms with E-state index < -0.39 is 10.0 Å². The van der Waals surface area contributed by atoms with E-state index >= 15 is 0 Å². The van der Waals surface area contributed by atoms with Crippen LogP contribution in [0, 0.1) is 6.92 Å². The largest absolute Gasteiger partial charge is 0.326 e. The number of primary sulfonamides is 1. The molecule has 0 radical (unpaired) electrons. The summed E-state index contributed by atoms with van der Waals surface area (Å²) in [6, 6.07) is 4.36. The molecule has 94 valence electrons. The first-order chi connectivity index (χ1) is 7.84. The molecule has 1 amide bonds. The zero-order chi connectivity index (χ0) is 13.1. The van der Waals surface area contributed by atoms with Crippen LogP contribution in [0.1, 0.15) is 25.3 Å². The van der Waals surface area contributed by atoms with E-state index in [-0.39, 0.29) is 10.8 Å². The Bertz CT molecular complexity index is 524. The molecule has 0 saturated carbocycles. The zero-order valence-corrected chi connectivity index (χ0v) is 10.7. The third-order valence-electron chi connectivity index (χ3n) is 2.28. The molecule has 1 rings (SSSR count). The fourth-order valence-corrected chi connectivity index (χ4v) is 1.99. The van der Waals surface area contributed by atoms with Crippen LogP contribution in [0.5, 0.6) is 0 Å². The molecule has 0 unspecified atom stereocenters. The van der Waals surface area contributed by atoms with E-state index in [1.165, 1.54) is 12.1 Å². The third-order valence-corrected chi connectivity index (χ3v) is 3.19. The van der Waals surface area contributed by atoms with Gasteiger partial charge in [0.2, 0.25) is 15.9 Å². The highest BCUT2D eigenvalue weighted by Gasteiger charge is 2.10. The summed E-state index contributed by atoms with van der Waals surface area (Å²) in [7, 11) is -3.69. The molecule has 0 saturated heterocycles. The molecular formula is C11H16N2O3S. The smallest absolute Gasteiger partial charge is 0.238 e. The van der Waals surface area contributed by atoms with Gasteiger partial charge in [0.1, 0.15) is 0 Å². The van der Waals surface area contributed by atoms with Crippen LogP contribution in [0.4, 0.5) is 5.69 Å². The average molecular weight is 256 g/mol. The van der Waals surface area contributed by atoms with Crippen molar-refractivity contribution in [1.82, 2.24) is 0 Å². The highest BCUT2D eigenvalue weighted by molar-refractivity contribution is 7.89. The topological polar surface area (TPSA) is 89.3 Å². The van der Waals surface area contributed by atoms with E-state index in [1.54, 1.807) is 13.0 Å². The number of nitrogens with two attached hydrogens (primary N) is 1. The Morgan fingerprint density at radius 2 is 2.06 bits per heavy atom. The second-order valence-electron chi connectivity index (χ2n) is 3.82. The van der Waals surface area contributed by atoms with Crippen LogP contribution in [-0.2, 0) is 14.8 Å². The fourth-order valence-electron chi connectivity index (χ4n) is 1.39. The molecule has 0 spiro atoms. The number of sulfonamides is 1. The van der Waals surface area contributed by atoms with Gasteiger partial charge in [-0.15, -0.1) is 0 Å². The Hall–Kier alpha value is -1.40. The molecule has 17 heavy (non-hydrogen) atoms. The summed E-state index contributed by atoms with van der Waals surface area (Å²) in [6.07, 6.45) is 1.20. The number of carbonyl (C=O) groups is 1. The van der Waals surface area contributed by atoms with Crippen molar-refractivity contribution >= 4 is 21.6 Å². The van der Waals surface area contributed by atoms with Crippen molar-refractivity contribution in [2.75, 3.05) is 5.32 Å². The van der Waals surface area contributed by atoms with Gasteiger partial charge in [-0.2, -0.15) is 0 Å². The highest BCUT2D eigenvalue weighted by atomic mass is 32.2. The van der Waals surface area contributed by atoms with Gasteiger partial charge in [0.15, 0.2) is 0 Å². The Balaban J connectivity index is 2.95. The predicted molar refractivity (Wildman–Crippen MR) is 66.1 cm³/mol. The summed E-state index contributed by atoms with van der Waals surface area (Å²) >= 11 is 0. The van der Waals surface area contributed by atoms with Gasteiger partial charge in [0.25, 0.3) is 0 Å². The van der Waals surface area contributed by atoms with Crippen LogP contribution >= 0.6 is 0 Å². The molecule has 0 heterocycles. The van der Waals surface area contributed by atoms with E-state index in [9.17, 15) is 13.2 Å². The minimum absolute atomic E-state index is 0.0449. The first kappa shape index (κ1) is 13.7. The van der Waals surface area contributed by atoms with Crippen molar-refractivity contribution in [2.24, 2.45) is 5.14 Å². The van der Waals surface area contributed by atoms with Gasteiger partial charge in [0.05, 0.1) is 4.90 Å². The van der Waals surface area contributed by atoms with Crippen molar-refractivity contribution in [3.8, 4) is 0 Å². The summed E-state index contributed by atoms with van der Waals surface area (Å²) in [5.41, 5.74) is 1.27. The molecule has 1 aromatic carbocycles. The molecule has 0 aromatic heterocycles. The van der Waals surface area contributed by atoms with Crippen LogP contribution in [0.3, 0.4) is 0 Å². The molecule has 1 aromatic rings. The summed E-state index contributed by atoms with van der Waals surface area (Å²) in [6.45, 7) is 3.63. The van der Waals surface area contributed by atoms with Gasteiger partial charge in [-0.05, 0) is 37.1 Å². The molecule has 0 aliphatic carbocycles. The number of rotatable bonds is 4. The first-order valence-corrected chi connectivity index (χ1v) is 6.82. The Labute approximate surface area is 101 Å². The number of anilines is 1. The molecule has 3 N–H and O–H groups in total. The number of hydrogen-bond acceptors (Lipinski definition) is 3. The van der Waals surface area contributed by atoms with Crippen molar-refractivity contribution < 1.29 is 13.2 Å². The summed E-state index contributed by atoms with van der Waals surface area (Å²) in [5, 5.41) is 7.72. The molecule has 0 aliphatic rings. The minimum Gasteiger partial charge on any atom is -0.326 e. The number of aryl methyl sites for hydroxylation is 1. The van der Waals surface area contributed by atoms with E-state index in [4.69, 9.17) is 5.14 Å². The average Bonchev–Trinajstić information content (AvgIpc) is 2.20. The molecule has 0 atom stereocenters. The minimum atomic E-state index is -3.69. The van der Waals surface area contributed by atoms with Crippen LogP contribution in [-0.4, -0.2) is 14.3 Å². The van der Waals surface area contributed by atoms with Crippen molar-refractivity contribution in [2.45, 2.75) is 31.6 Å². The lowest BCUT2D eigenvalue weighted by Gasteiger charge is -2.09. The maximum absolute atomic E-state index is 11.4. The maximum Gasteiger partial charge on any atom is 0.238 e. The maximum atomic E-state index is 11.4. The number of nitrogens with one attached hydrogen (secondary N) is 1. The first-order valence-electron chi connectivity index (χ1n) is 5.28. The second-order valence-corrected chi connectivity index (χ2v) is 5.38. The molecular weight excluding hydrogens is 240 g/mol. The zero-order valence-electron chi connectivity index (χ0n) is 9.86. The standard InChI is InChI=1S/C11H16N2O3S/c1-3-4-11(14)13-10-6-5-9(7-8(10)2)17(12,15)16/h5-7H,3-4H2,1-2H3,(H,13,14)(H2,12,15,16). The lowest BCUT2D eigenvalue weighted by Crippen LogP contribution is -2.14. The van der Waals surface area contributed by atoms with Gasteiger partial charge in [-0.25, -0.2) is 13.6 Å². The van der Waals surface area contributed by atoms with Crippen LogP contribution in [0.25, 0.3) is 0 Å². The Morgan fingerprint density at radius 1 is 1.41 bits per heavy atom. The number of benzene rings is 1. The normalized spacial score (nSPS) is 11.2. The van der Waals surface area contributed by atoms with Crippen molar-refractivity contribution in [3.63, 3.8) is 0 Å². The molecule has 0 aliphatic heterocycles. The van der Waals surface area contributed by atoms with E-state index in [0.29, 0.717) is 17.7 Å². The number of amides is 1. The molecule has 5 nitrogen and oxygen atoms in total. The van der Waals surface area contributed by atoms with E-state index in [1.807, 2.05) is 6.92 Å². The number of hydrogen-bond donors (Lipinski definition) is 2. The second kappa shape index (κ2) is 5.29. The van der Waals surface area contributed by atoms with E-state index in [0.717, 1.165) is 6.42 Å². The summed E-state index contributed by atoms with van der Waals surface area (Å²) < 4.78 is 22.2. The van der Waals surface area contributed by atoms with Gasteiger partial charge < -0.3 is 5.32 Å². The van der Waals surface area contributed by atoms with Crippen LogP contribution < -0.4 is 10.5 Å². The summed E-state index contributed by atoms with van der Waals surface area (Å²) in [5.74, 6) is -0.0843. The highest BCUT2D eigenvalue weighted by Crippen LogP contribution is 2.19. The van der Waals surface area contributed by atoms with Gasteiger partial charge in [-0.1, -0.05) is 6.92 Å². The number of carbonyl (C=O) groups excluding carboxylic acids is 1. The lowest BCUT2D eigenvalue weighted by molar-refractivity contribution is -0.116. The van der Waals surface area contributed by atoms with Gasteiger partial charge in [0, 0.05) is 12.1 Å². The Morgan fingerprint density at radius 3 is 2.53 bits per heavy atom. The predicted octanol–water partition coefficient (Wildman–Crippen LogP) is 1.38. The van der Waals surface area contributed by atoms with Gasteiger partial charge >= 0.3 is 0 Å². The van der Waals surface area contributed by atoms with E-state index in [2.05, 4.69) is 5.32 Å². The molecule has 0 bridgehead atoms. The van der Waals surface area contributed by atoms with Gasteiger partial charge in [-0.3, -0.25) is 4.79 Å². The lowest BCUT2D eigenvalue weighted by atomic mass is 10.2. The van der Waals surface area contributed by atoms with Crippen LogP contribution in [0.2, 0.25) is 0 Å². The summed E-state index contributed by atoms with van der Waals surface area (Å²) in [4.78, 5) is 11.4. The van der Waals surface area contributed by atoms with Crippen molar-refractivity contribution in [3.05, 3.63) is 23.8 Å². The fraction of sp³-hybridized carbons (Fsp3) is 0.364. The third kappa shape index (κ3) is 3.83. The molecule has 0 fully saturated rings. The quantitative estimate of drug-likeness (QED) is 0.852. The SMILES string of the molecule is CCCC(=O)Nc1ccc(S(N)(=O)=O)cc1C.